The minimum absolute atomic E-state index is 0.145. The highest BCUT2D eigenvalue weighted by Crippen LogP contribution is 2.28. The second-order valence-electron chi connectivity index (χ2n) is 5.58. The van der Waals surface area contributed by atoms with Crippen molar-refractivity contribution < 1.29 is 29.7 Å². The largest absolute Gasteiger partial charge is 0.463 e. The Bertz CT molecular complexity index is 535. The minimum Gasteiger partial charge on any atom is -0.463 e. The molecule has 2 aliphatic heterocycles. The molecule has 2 heterocycles. The second-order valence-corrected chi connectivity index (χ2v) is 5.58. The molecule has 4 N–H and O–H groups in total. The highest BCUT2D eigenvalue weighted by Gasteiger charge is 2.46. The first-order valence-corrected chi connectivity index (χ1v) is 7.79. The van der Waals surface area contributed by atoms with Gasteiger partial charge in [0.05, 0.1) is 0 Å². The van der Waals surface area contributed by atoms with Gasteiger partial charge in [0.15, 0.2) is 12.1 Å². The van der Waals surface area contributed by atoms with Crippen LogP contribution in [0.3, 0.4) is 0 Å². The van der Waals surface area contributed by atoms with Gasteiger partial charge in [-0.15, -0.1) is 0 Å². The fourth-order valence-electron chi connectivity index (χ4n) is 2.43. The molecule has 1 saturated heterocycles. The van der Waals surface area contributed by atoms with E-state index in [-0.39, 0.29) is 24.2 Å². The van der Waals surface area contributed by atoms with Gasteiger partial charge in [0, 0.05) is 12.6 Å². The molecule has 4 atom stereocenters. The number of aliphatic hydroxyl groups excluding tert-OH is 2. The fourth-order valence-corrected chi connectivity index (χ4v) is 2.43. The third-order valence-electron chi connectivity index (χ3n) is 3.81. The van der Waals surface area contributed by atoms with Gasteiger partial charge in [0.2, 0.25) is 0 Å². The number of nitrogens with one attached hydrogen (secondary N) is 1. The SMILES string of the molecule is C=C1N=C(NO)C=CN1[C@@H]1O[C@H](COC(=O)CCCC)[C@@H](O)[C@H]1O. The van der Waals surface area contributed by atoms with E-state index in [4.69, 9.17) is 14.7 Å². The number of esters is 1. The van der Waals surface area contributed by atoms with Crippen LogP contribution in [0.15, 0.2) is 29.7 Å². The highest BCUT2D eigenvalue weighted by atomic mass is 16.6. The molecule has 0 saturated carbocycles. The number of carbonyl (C=O) groups excluding carboxylic acids is 1. The Balaban J connectivity index is 1.93. The number of unbranched alkanes of at least 4 members (excludes halogenated alkanes) is 1. The zero-order valence-corrected chi connectivity index (χ0v) is 13.5. The van der Waals surface area contributed by atoms with Crippen LogP contribution in [0.25, 0.3) is 0 Å². The molecule has 0 amide bonds. The molecule has 0 unspecified atom stereocenters. The summed E-state index contributed by atoms with van der Waals surface area (Å²) in [7, 11) is 0. The lowest BCUT2D eigenvalue weighted by atomic mass is 10.1. The molecule has 0 spiro atoms. The van der Waals surface area contributed by atoms with Crippen LogP contribution >= 0.6 is 0 Å². The van der Waals surface area contributed by atoms with E-state index in [0.717, 1.165) is 12.8 Å². The zero-order valence-electron chi connectivity index (χ0n) is 13.5. The van der Waals surface area contributed by atoms with E-state index in [1.54, 1.807) is 0 Å². The van der Waals surface area contributed by atoms with Crippen molar-refractivity contribution in [3.8, 4) is 0 Å². The van der Waals surface area contributed by atoms with Gasteiger partial charge in [-0.2, -0.15) is 0 Å². The predicted octanol–water partition coefficient (Wildman–Crippen LogP) is -0.156. The topological polar surface area (TPSA) is 124 Å². The van der Waals surface area contributed by atoms with Gasteiger partial charge in [0.25, 0.3) is 0 Å². The summed E-state index contributed by atoms with van der Waals surface area (Å²) in [4.78, 5) is 16.9. The Kier molecular flexibility index (Phi) is 6.32. The first kappa shape index (κ1) is 18.4. The number of amidine groups is 1. The number of ether oxygens (including phenoxy) is 2. The normalized spacial score (nSPS) is 29.6. The van der Waals surface area contributed by atoms with Gasteiger partial charge in [-0.25, -0.2) is 4.99 Å². The van der Waals surface area contributed by atoms with Crippen molar-refractivity contribution in [2.24, 2.45) is 4.99 Å². The van der Waals surface area contributed by atoms with E-state index in [9.17, 15) is 15.0 Å². The maximum atomic E-state index is 11.5. The van der Waals surface area contributed by atoms with Crippen LogP contribution in [0.4, 0.5) is 0 Å². The molecule has 9 nitrogen and oxygen atoms in total. The van der Waals surface area contributed by atoms with E-state index < -0.39 is 24.5 Å². The molecule has 2 rings (SSSR count). The van der Waals surface area contributed by atoms with Crippen molar-refractivity contribution in [2.45, 2.75) is 50.7 Å². The number of hydrogen-bond acceptors (Lipinski definition) is 9. The molecule has 1 fully saturated rings. The van der Waals surface area contributed by atoms with Crippen LogP contribution in [0.2, 0.25) is 0 Å². The average molecular weight is 341 g/mol. The summed E-state index contributed by atoms with van der Waals surface area (Å²) in [5.41, 5.74) is 1.89. The lowest BCUT2D eigenvalue weighted by Gasteiger charge is -2.30. The molecule has 2 aliphatic rings. The van der Waals surface area contributed by atoms with E-state index >= 15 is 0 Å². The summed E-state index contributed by atoms with van der Waals surface area (Å²) in [6.07, 6.45) is 0.663. The third kappa shape index (κ3) is 4.12. The molecular formula is C15H23N3O6. The van der Waals surface area contributed by atoms with Gasteiger partial charge in [-0.05, 0) is 12.5 Å². The minimum atomic E-state index is -1.23. The summed E-state index contributed by atoms with van der Waals surface area (Å²) in [5, 5.41) is 29.1. The lowest BCUT2D eigenvalue weighted by molar-refractivity contribution is -0.150. The summed E-state index contributed by atoms with van der Waals surface area (Å²) in [6.45, 7) is 5.53. The summed E-state index contributed by atoms with van der Waals surface area (Å²) in [5.74, 6) is 0.0349. The molecule has 0 aromatic carbocycles. The van der Waals surface area contributed by atoms with Gasteiger partial charge in [0.1, 0.15) is 30.7 Å². The van der Waals surface area contributed by atoms with E-state index in [1.165, 1.54) is 17.2 Å². The number of aliphatic imine (C=N–C) groups is 1. The Labute approximate surface area is 139 Å². The number of aliphatic hydroxyl groups is 2. The fraction of sp³-hybridized carbons (Fsp3) is 0.600. The summed E-state index contributed by atoms with van der Waals surface area (Å²) in [6, 6.07) is 0. The molecule has 9 heteroatoms. The first-order chi connectivity index (χ1) is 11.5. The Morgan fingerprint density at radius 3 is 2.88 bits per heavy atom. The standard InChI is InChI=1S/C15H23N3O6/c1-3-4-5-12(19)23-8-10-13(20)14(21)15(24-10)18-7-6-11(17-22)16-9(18)2/h6-7,10,13-15,20-22H,2-5,8H2,1H3,(H,16,17)/t10-,13-,14-,15-/m1/s1. The maximum absolute atomic E-state index is 11.5. The second kappa shape index (κ2) is 8.25. The molecule has 0 aromatic rings. The Morgan fingerprint density at radius 1 is 1.50 bits per heavy atom. The van der Waals surface area contributed by atoms with Crippen molar-refractivity contribution in [1.29, 1.82) is 0 Å². The summed E-state index contributed by atoms with van der Waals surface area (Å²) >= 11 is 0. The number of hydroxylamine groups is 1. The van der Waals surface area contributed by atoms with Crippen LogP contribution in [-0.2, 0) is 14.3 Å². The lowest BCUT2D eigenvalue weighted by Crippen LogP contribution is -2.42. The van der Waals surface area contributed by atoms with E-state index in [0.29, 0.717) is 6.42 Å². The van der Waals surface area contributed by atoms with Crippen LogP contribution in [0.1, 0.15) is 26.2 Å². The van der Waals surface area contributed by atoms with Gasteiger partial charge in [-0.3, -0.25) is 15.5 Å². The van der Waals surface area contributed by atoms with Gasteiger partial charge >= 0.3 is 5.97 Å². The molecule has 24 heavy (non-hydrogen) atoms. The molecular weight excluding hydrogens is 318 g/mol. The number of hydrogen-bond donors (Lipinski definition) is 4. The van der Waals surface area contributed by atoms with Crippen LogP contribution in [0, 0.1) is 0 Å². The van der Waals surface area contributed by atoms with Crippen LogP contribution < -0.4 is 5.48 Å². The zero-order chi connectivity index (χ0) is 17.7. The van der Waals surface area contributed by atoms with Crippen molar-refractivity contribution >= 4 is 11.8 Å². The molecule has 0 radical (unpaired) electrons. The number of carbonyl (C=O) groups is 1. The Hall–Kier alpha value is -1.94. The maximum Gasteiger partial charge on any atom is 0.305 e. The number of rotatable bonds is 6. The smallest absolute Gasteiger partial charge is 0.305 e. The van der Waals surface area contributed by atoms with Crippen molar-refractivity contribution in [3.05, 3.63) is 24.7 Å². The van der Waals surface area contributed by atoms with Crippen molar-refractivity contribution in [2.75, 3.05) is 6.61 Å². The highest BCUT2D eigenvalue weighted by molar-refractivity contribution is 5.93. The third-order valence-corrected chi connectivity index (χ3v) is 3.81. The quantitative estimate of drug-likeness (QED) is 0.388. The van der Waals surface area contributed by atoms with E-state index in [2.05, 4.69) is 11.6 Å². The molecule has 0 aliphatic carbocycles. The Morgan fingerprint density at radius 2 is 2.25 bits per heavy atom. The average Bonchev–Trinajstić information content (AvgIpc) is 2.86. The first-order valence-electron chi connectivity index (χ1n) is 7.79. The van der Waals surface area contributed by atoms with Gasteiger partial charge in [-0.1, -0.05) is 19.9 Å². The van der Waals surface area contributed by atoms with Crippen LogP contribution in [0.5, 0.6) is 0 Å². The van der Waals surface area contributed by atoms with Crippen LogP contribution in [-0.4, -0.2) is 63.3 Å². The monoisotopic (exact) mass is 341 g/mol. The van der Waals surface area contributed by atoms with Gasteiger partial charge < -0.3 is 24.6 Å². The molecule has 134 valence electrons. The molecule has 0 aromatic heterocycles. The van der Waals surface area contributed by atoms with Crippen molar-refractivity contribution in [1.82, 2.24) is 10.4 Å². The van der Waals surface area contributed by atoms with Crippen molar-refractivity contribution in [3.63, 3.8) is 0 Å². The number of nitrogens with zero attached hydrogens (tertiary/aromatic N) is 2. The molecule has 0 bridgehead atoms. The van der Waals surface area contributed by atoms with E-state index in [1.807, 2.05) is 12.4 Å². The predicted molar refractivity (Wildman–Crippen MR) is 83.6 cm³/mol. The summed E-state index contributed by atoms with van der Waals surface area (Å²) < 4.78 is 10.7.